The quantitative estimate of drug-likeness (QED) is 0.200. The number of aromatic nitrogens is 2. The van der Waals surface area contributed by atoms with Gasteiger partial charge in [0.2, 0.25) is 5.91 Å². The fraction of sp³-hybridized carbons (Fsp3) is 0.606. The van der Waals surface area contributed by atoms with Crippen molar-refractivity contribution < 1.29 is 37.5 Å². The van der Waals surface area contributed by atoms with E-state index in [2.05, 4.69) is 15.2 Å². The molecule has 0 aliphatic carbocycles. The van der Waals surface area contributed by atoms with Gasteiger partial charge in [0.1, 0.15) is 17.6 Å². The van der Waals surface area contributed by atoms with Gasteiger partial charge >= 0.3 is 13.7 Å². The number of unbranched alkanes of at least 4 members (excludes halogenated alkanes) is 1. The third kappa shape index (κ3) is 10.2. The fourth-order valence-corrected chi connectivity index (χ4v) is 7.31. The molecule has 15 heteroatoms. The van der Waals surface area contributed by atoms with E-state index in [9.17, 15) is 18.9 Å². The Labute approximate surface area is 283 Å². The zero-order valence-electron chi connectivity index (χ0n) is 28.5. The van der Waals surface area contributed by atoms with Gasteiger partial charge in [0.15, 0.2) is 5.82 Å². The minimum absolute atomic E-state index is 0.00620. The van der Waals surface area contributed by atoms with Crippen LogP contribution in [-0.4, -0.2) is 122 Å². The number of nitrogens with one attached hydrogen (secondary N) is 1. The molecule has 1 N–H and O–H groups in total. The molecule has 2 aliphatic rings. The van der Waals surface area contributed by atoms with Crippen molar-refractivity contribution in [3.63, 3.8) is 0 Å². The van der Waals surface area contributed by atoms with Crippen LogP contribution in [-0.2, 0) is 27.9 Å². The summed E-state index contributed by atoms with van der Waals surface area (Å²) in [7, 11) is -1.84. The Morgan fingerprint density at radius 2 is 1.67 bits per heavy atom. The van der Waals surface area contributed by atoms with Crippen LogP contribution in [0.4, 0.5) is 10.6 Å². The van der Waals surface area contributed by atoms with E-state index >= 15 is 0 Å². The van der Waals surface area contributed by atoms with Gasteiger partial charge in [-0.1, -0.05) is 43.7 Å². The Bertz CT molecular complexity index is 1400. The molecule has 0 saturated carbocycles. The number of hydrogen-bond acceptors (Lipinski definition) is 11. The third-order valence-electron chi connectivity index (χ3n) is 8.30. The Hall–Kier alpha value is -3.58. The first kappa shape index (κ1) is 37.2. The highest BCUT2D eigenvalue weighted by Gasteiger charge is 2.34. The Morgan fingerprint density at radius 1 is 0.979 bits per heavy atom. The third-order valence-corrected chi connectivity index (χ3v) is 10.4. The molecule has 2 atom stereocenters. The fourth-order valence-electron chi connectivity index (χ4n) is 5.62. The van der Waals surface area contributed by atoms with Crippen LogP contribution >= 0.6 is 7.60 Å². The van der Waals surface area contributed by atoms with Crippen LogP contribution in [0, 0.1) is 0 Å². The van der Waals surface area contributed by atoms with Gasteiger partial charge in [-0.3, -0.25) is 14.2 Å². The molecular formula is C33H49N6O8P. The molecule has 2 aromatic rings. The summed E-state index contributed by atoms with van der Waals surface area (Å²) in [6.07, 6.45) is 2.09. The average molecular weight is 689 g/mol. The van der Waals surface area contributed by atoms with Crippen molar-refractivity contribution in [3.8, 4) is 11.4 Å². The summed E-state index contributed by atoms with van der Waals surface area (Å²) in [5, 5.41) is 2.87. The summed E-state index contributed by atoms with van der Waals surface area (Å²) >= 11 is 0. The molecule has 0 spiro atoms. The summed E-state index contributed by atoms with van der Waals surface area (Å²) in [6.45, 7) is 8.57. The van der Waals surface area contributed by atoms with Gasteiger partial charge in [0, 0.05) is 58.0 Å². The number of ether oxygens (including phenoxy) is 2. The molecule has 1 aromatic heterocycles. The molecule has 3 heterocycles. The molecule has 2 aliphatic heterocycles. The molecule has 14 nitrogen and oxygen atoms in total. The van der Waals surface area contributed by atoms with E-state index in [-0.39, 0.29) is 56.6 Å². The predicted octanol–water partition coefficient (Wildman–Crippen LogP) is 4.20. The van der Waals surface area contributed by atoms with Gasteiger partial charge in [0.25, 0.3) is 5.91 Å². The second kappa shape index (κ2) is 18.3. The standard InChI is InChI=1S/C33H49N6O8P/c1-5-8-21-45-33(42)38-19-17-37(18-20-38)32(41)27(15-22-48(43,46-6-2)47-7-3)35-31(40)28-23-29(39-16-14-26(24-39)44-4)36-30(34-28)25-12-10-9-11-13-25/h9-13,23,26-27H,5-8,14-22,24H2,1-4H3,(H,35,40)/t26-,27-/m0/s1. The number of piperazine rings is 1. The number of carbonyl (C=O) groups is 3. The average Bonchev–Trinajstić information content (AvgIpc) is 3.60. The van der Waals surface area contributed by atoms with Gasteiger partial charge in [-0.15, -0.1) is 0 Å². The molecule has 2 fully saturated rings. The Balaban J connectivity index is 1.56. The lowest BCUT2D eigenvalue weighted by atomic mass is 10.1. The van der Waals surface area contributed by atoms with Crippen molar-refractivity contribution in [2.75, 3.05) is 77.3 Å². The molecule has 0 unspecified atom stereocenters. The summed E-state index contributed by atoms with van der Waals surface area (Å²) in [5.41, 5.74) is 0.832. The van der Waals surface area contributed by atoms with E-state index in [1.165, 1.54) is 0 Å². The molecule has 48 heavy (non-hydrogen) atoms. The van der Waals surface area contributed by atoms with Crippen LogP contribution < -0.4 is 10.2 Å². The summed E-state index contributed by atoms with van der Waals surface area (Å²) in [5.74, 6) is 0.0242. The molecule has 0 bridgehead atoms. The van der Waals surface area contributed by atoms with E-state index in [1.54, 1.807) is 36.8 Å². The van der Waals surface area contributed by atoms with Gasteiger partial charge in [-0.25, -0.2) is 14.8 Å². The number of methoxy groups -OCH3 is 1. The smallest absolute Gasteiger partial charge is 0.409 e. The van der Waals surface area contributed by atoms with Crippen LogP contribution in [0.5, 0.6) is 0 Å². The maximum absolute atomic E-state index is 14.0. The first-order valence-electron chi connectivity index (χ1n) is 16.8. The summed E-state index contributed by atoms with van der Waals surface area (Å²) in [6, 6.07) is 9.93. The first-order chi connectivity index (χ1) is 23.2. The molecule has 0 radical (unpaired) electrons. The second-order valence-electron chi connectivity index (χ2n) is 11.7. The maximum atomic E-state index is 14.0. The highest BCUT2D eigenvalue weighted by molar-refractivity contribution is 7.53. The van der Waals surface area contributed by atoms with Crippen molar-refractivity contribution in [1.29, 1.82) is 0 Å². The number of nitrogens with zero attached hydrogens (tertiary/aromatic N) is 5. The molecule has 2 saturated heterocycles. The number of rotatable bonds is 16. The second-order valence-corrected chi connectivity index (χ2v) is 13.8. The van der Waals surface area contributed by atoms with Crippen LogP contribution in [0.15, 0.2) is 36.4 Å². The van der Waals surface area contributed by atoms with Crippen LogP contribution in [0.3, 0.4) is 0 Å². The van der Waals surface area contributed by atoms with E-state index in [0.717, 1.165) is 24.8 Å². The van der Waals surface area contributed by atoms with Crippen LogP contribution in [0.1, 0.15) is 56.9 Å². The number of hydrogen-bond donors (Lipinski definition) is 1. The number of benzene rings is 1. The van der Waals surface area contributed by atoms with Crippen molar-refractivity contribution in [1.82, 2.24) is 25.1 Å². The highest BCUT2D eigenvalue weighted by Crippen LogP contribution is 2.48. The van der Waals surface area contributed by atoms with Gasteiger partial charge in [-0.2, -0.15) is 0 Å². The lowest BCUT2D eigenvalue weighted by Gasteiger charge is -2.36. The van der Waals surface area contributed by atoms with Gasteiger partial charge in [0.05, 0.1) is 32.1 Å². The number of carbonyl (C=O) groups excluding carboxylic acids is 3. The Morgan fingerprint density at radius 3 is 2.29 bits per heavy atom. The topological polar surface area (TPSA) is 153 Å². The molecule has 4 rings (SSSR count). The monoisotopic (exact) mass is 688 g/mol. The first-order valence-corrected chi connectivity index (χ1v) is 18.5. The minimum atomic E-state index is -3.52. The lowest BCUT2D eigenvalue weighted by Crippen LogP contribution is -2.56. The van der Waals surface area contributed by atoms with E-state index in [1.807, 2.05) is 37.3 Å². The largest absolute Gasteiger partial charge is 0.449 e. The number of amides is 3. The summed E-state index contributed by atoms with van der Waals surface area (Å²) < 4.78 is 35.2. The van der Waals surface area contributed by atoms with Crippen molar-refractivity contribution >= 4 is 31.3 Å². The Kier molecular flexibility index (Phi) is 14.2. The van der Waals surface area contributed by atoms with Crippen LogP contribution in [0.25, 0.3) is 11.4 Å². The van der Waals surface area contributed by atoms with E-state index < -0.39 is 25.6 Å². The highest BCUT2D eigenvalue weighted by atomic mass is 31.2. The predicted molar refractivity (Wildman–Crippen MR) is 181 cm³/mol. The zero-order chi connectivity index (χ0) is 34.5. The van der Waals surface area contributed by atoms with Crippen molar-refractivity contribution in [2.24, 2.45) is 0 Å². The van der Waals surface area contributed by atoms with E-state index in [0.29, 0.717) is 44.4 Å². The summed E-state index contributed by atoms with van der Waals surface area (Å²) in [4.78, 5) is 55.0. The van der Waals surface area contributed by atoms with E-state index in [4.69, 9.17) is 23.5 Å². The van der Waals surface area contributed by atoms with Gasteiger partial charge < -0.3 is 38.5 Å². The molecular weight excluding hydrogens is 639 g/mol. The molecule has 264 valence electrons. The molecule has 3 amide bonds. The lowest BCUT2D eigenvalue weighted by molar-refractivity contribution is -0.134. The van der Waals surface area contributed by atoms with Crippen molar-refractivity contribution in [3.05, 3.63) is 42.1 Å². The van der Waals surface area contributed by atoms with Crippen LogP contribution in [0.2, 0.25) is 0 Å². The molecule has 1 aromatic carbocycles. The van der Waals surface area contributed by atoms with Gasteiger partial charge in [-0.05, 0) is 33.1 Å². The maximum Gasteiger partial charge on any atom is 0.409 e. The SMILES string of the molecule is CCCCOC(=O)N1CCN(C(=O)[C@H](CCP(=O)(OCC)OCC)NC(=O)c2cc(N3CC[C@H](OC)C3)nc(-c3ccccc3)n2)CC1. The normalized spacial score (nSPS) is 17.3. The zero-order valence-corrected chi connectivity index (χ0v) is 29.4. The van der Waals surface area contributed by atoms with Crippen molar-refractivity contribution in [2.45, 2.75) is 58.6 Å². The number of anilines is 1. The minimum Gasteiger partial charge on any atom is -0.449 e.